The number of rotatable bonds is 65. The minimum Gasteiger partial charge on any atom is -0.493 e. The third kappa shape index (κ3) is 42.3. The molecule has 0 saturated carbocycles. The summed E-state index contributed by atoms with van der Waals surface area (Å²) in [5.41, 5.74) is 28.0. The first-order chi connectivity index (χ1) is 44.9. The van der Waals surface area contributed by atoms with Gasteiger partial charge in [0.1, 0.15) is 0 Å². The van der Waals surface area contributed by atoms with Crippen molar-refractivity contribution in [1.29, 1.82) is 0 Å². The number of nitrogens with zero attached hydrogens (tertiary/aromatic N) is 2. The predicted octanol–water partition coefficient (Wildman–Crippen LogP) is 31.3. The van der Waals surface area contributed by atoms with Gasteiger partial charge in [0.15, 0.2) is 0 Å². The number of aryl methyl sites for hydroxylation is 4. The summed E-state index contributed by atoms with van der Waals surface area (Å²) < 4.78 is 1.65. The summed E-state index contributed by atoms with van der Waals surface area (Å²) in [4.78, 5) is 0. The molecule has 3 rings (SSSR count). The fourth-order valence-electron chi connectivity index (χ4n) is 14.2. The first kappa shape index (κ1) is 85.1. The Morgan fingerprint density at radius 1 is 0.253 bits per heavy atom. The molecule has 0 bridgehead atoms. The molecule has 0 fully saturated rings. The Morgan fingerprint density at radius 2 is 0.484 bits per heavy atom. The van der Waals surface area contributed by atoms with Gasteiger partial charge >= 0.3 is 166 Å². The maximum atomic E-state index is 12.6. The predicted molar refractivity (Wildman–Crippen MR) is 408 cm³/mol. The van der Waals surface area contributed by atoms with Crippen LogP contribution in [0.15, 0.2) is 35.9 Å². The number of allylic oxidation sites excluding steroid dienone is 2. The molecule has 2 aromatic carbocycles. The van der Waals surface area contributed by atoms with Gasteiger partial charge in [-0.25, -0.2) is 4.70 Å². The van der Waals surface area contributed by atoms with E-state index in [1.165, 1.54) is 374 Å². The molecule has 0 aliphatic carbocycles. The Labute approximate surface area is 577 Å². The minimum atomic E-state index is 1.00. The van der Waals surface area contributed by atoms with Crippen LogP contribution in [0.25, 0.3) is 16.9 Å². The molecule has 3 heteroatoms. The van der Waals surface area contributed by atoms with E-state index < -0.39 is 0 Å². The smallest absolute Gasteiger partial charge is 0.493 e. The van der Waals surface area contributed by atoms with Gasteiger partial charge in [0.05, 0.1) is 0 Å². The molecular formula is C88H158N2Ni. The van der Waals surface area contributed by atoms with Gasteiger partial charge in [-0.15, -0.1) is 0 Å². The topological polar surface area (TPSA) is 25.3 Å². The van der Waals surface area contributed by atoms with E-state index in [0.717, 1.165) is 56.3 Å². The zero-order valence-electron chi connectivity index (χ0n) is 63.1. The molecule has 530 valence electrons. The molecule has 1 aliphatic rings. The molecule has 0 saturated heterocycles. The molecule has 0 atom stereocenters. The number of benzene rings is 2. The van der Waals surface area contributed by atoms with E-state index in [0.29, 0.717) is 0 Å². The summed E-state index contributed by atoms with van der Waals surface area (Å²) in [6, 6.07) is 10.1. The standard InChI is InChI=1S/C56H92N2.2C16H33.Ni/c1-8-15-22-28-35-46-41-51(42-47(36-29-23-16-9-2)53(46)39-32-26-19-12-5)55-45-50(34-21-14-7)56(58(55)57)52-43-48(37-30-24-17-10-3)54(40-33-27-20-13-6)49(44-52)38-31-25-18-11-4;2*1-3-5-7-9-11-13-15-16-14-12-10-8-6-4-2;/h41-45H,8-40H2,1-7H3;2*1,3-16H2,2H3;. The van der Waals surface area contributed by atoms with Gasteiger partial charge in [-0.1, -0.05) is 223 Å². The fourth-order valence-corrected chi connectivity index (χ4v) is 15.5. The molecule has 0 radical (unpaired) electrons. The Balaban J connectivity index is 0.000000727. The second-order valence-corrected chi connectivity index (χ2v) is 30.4. The normalized spacial score (nSPS) is 12.5. The van der Waals surface area contributed by atoms with Crippen molar-refractivity contribution in [2.75, 3.05) is 0 Å². The first-order valence-corrected chi connectivity index (χ1v) is 43.0. The molecular weight excluding hydrogens is 1140 g/mol. The van der Waals surface area contributed by atoms with Crippen LogP contribution < -0.4 is 0 Å². The van der Waals surface area contributed by atoms with Crippen molar-refractivity contribution in [2.45, 2.75) is 465 Å². The van der Waals surface area contributed by atoms with Crippen LogP contribution in [0.1, 0.15) is 460 Å². The second kappa shape index (κ2) is 62.8. The van der Waals surface area contributed by atoms with Crippen molar-refractivity contribution < 1.29 is 19.1 Å². The SMILES string of the molecule is CCCCCCCCCCCCCCC[CH2][Ni][CH2]CCCCCCCCCCCCCCC.CCCCCCc1cc(C2=CC(CCCC)=C(c3cc(CCCCCC)c(CCCCCC)c(CCCCCC)c3)[N+]2=[N-])cc(CCCCCC)c1CCCCCC. The van der Waals surface area contributed by atoms with Crippen LogP contribution in [0.2, 0.25) is 10.8 Å². The molecule has 0 N–H and O–H groups in total. The summed E-state index contributed by atoms with van der Waals surface area (Å²) in [6.45, 7) is 20.9. The van der Waals surface area contributed by atoms with Crippen molar-refractivity contribution in [2.24, 2.45) is 0 Å². The van der Waals surface area contributed by atoms with Crippen molar-refractivity contribution >= 4 is 11.4 Å². The first-order valence-electron chi connectivity index (χ1n) is 41.6. The third-order valence-electron chi connectivity index (χ3n) is 20.2. The van der Waals surface area contributed by atoms with Gasteiger partial charge < -0.3 is 5.53 Å². The van der Waals surface area contributed by atoms with Crippen molar-refractivity contribution in [3.8, 4) is 0 Å². The summed E-state index contributed by atoms with van der Waals surface area (Å²) >= 11 is 2.04. The van der Waals surface area contributed by atoms with E-state index in [9.17, 15) is 5.53 Å². The fraction of sp³-hybridized carbons (Fsp3) is 0.818. The monoisotopic (exact) mass is 1300 g/mol. The van der Waals surface area contributed by atoms with Gasteiger partial charge in [0, 0.05) is 22.8 Å². The van der Waals surface area contributed by atoms with E-state index in [2.05, 4.69) is 92.7 Å². The quantitative estimate of drug-likeness (QED) is 0.0358. The molecule has 2 nitrogen and oxygen atoms in total. The Morgan fingerprint density at radius 3 is 0.758 bits per heavy atom. The number of hydrogen-bond donors (Lipinski definition) is 0. The summed E-state index contributed by atoms with van der Waals surface area (Å²) in [6.07, 6.45) is 85.0. The van der Waals surface area contributed by atoms with Crippen LogP contribution in [0.5, 0.6) is 0 Å². The van der Waals surface area contributed by atoms with E-state index in [1.54, 1.807) is 38.1 Å². The van der Waals surface area contributed by atoms with Crippen molar-refractivity contribution in [3.05, 3.63) is 86.0 Å². The number of hydrogen-bond acceptors (Lipinski definition) is 0. The van der Waals surface area contributed by atoms with Crippen LogP contribution in [-0.2, 0) is 53.0 Å². The number of unbranched alkanes of at least 4 members (excludes halogenated alkanes) is 45. The zero-order valence-corrected chi connectivity index (χ0v) is 64.1. The van der Waals surface area contributed by atoms with Crippen LogP contribution in [-0.4, -0.2) is 4.70 Å². The Bertz CT molecular complexity index is 1940. The Kier molecular flexibility index (Phi) is 58.7. The van der Waals surface area contributed by atoms with Crippen LogP contribution in [0.3, 0.4) is 0 Å². The van der Waals surface area contributed by atoms with E-state index in [-0.39, 0.29) is 0 Å². The Hall–Kier alpha value is -1.99. The minimum absolute atomic E-state index is 1.00. The average molecular weight is 1300 g/mol. The van der Waals surface area contributed by atoms with Crippen LogP contribution in [0.4, 0.5) is 0 Å². The van der Waals surface area contributed by atoms with Gasteiger partial charge in [-0.3, -0.25) is 0 Å². The average Bonchev–Trinajstić information content (AvgIpc) is 2.18. The van der Waals surface area contributed by atoms with Gasteiger partial charge in [-0.05, 0) is 148 Å². The molecule has 91 heavy (non-hydrogen) atoms. The summed E-state index contributed by atoms with van der Waals surface area (Å²) in [7, 11) is 0. The van der Waals surface area contributed by atoms with E-state index in [1.807, 2.05) is 14.4 Å². The summed E-state index contributed by atoms with van der Waals surface area (Å²) in [5.74, 6) is 0. The van der Waals surface area contributed by atoms with Gasteiger partial charge in [-0.2, -0.15) is 0 Å². The molecule has 1 heterocycles. The molecule has 1 aliphatic heterocycles. The summed E-state index contributed by atoms with van der Waals surface area (Å²) in [5, 5.41) is 2.87. The molecule has 0 unspecified atom stereocenters. The third-order valence-corrected chi connectivity index (χ3v) is 21.6. The molecule has 2 aromatic rings. The van der Waals surface area contributed by atoms with Gasteiger partial charge in [0.25, 0.3) is 0 Å². The van der Waals surface area contributed by atoms with Gasteiger partial charge in [0.2, 0.25) is 11.4 Å². The molecule has 0 amide bonds. The zero-order chi connectivity index (χ0) is 65.7. The van der Waals surface area contributed by atoms with Crippen LogP contribution in [0, 0.1) is 0 Å². The second-order valence-electron chi connectivity index (χ2n) is 28.9. The van der Waals surface area contributed by atoms with Crippen molar-refractivity contribution in [1.82, 2.24) is 0 Å². The van der Waals surface area contributed by atoms with Crippen molar-refractivity contribution in [3.63, 3.8) is 0 Å². The molecule has 0 spiro atoms. The van der Waals surface area contributed by atoms with E-state index in [4.69, 9.17) is 0 Å². The molecule has 0 aromatic heterocycles. The maximum absolute atomic E-state index is 12.6. The van der Waals surface area contributed by atoms with E-state index >= 15 is 0 Å². The van der Waals surface area contributed by atoms with Crippen LogP contribution >= 0.6 is 0 Å².